The van der Waals surface area contributed by atoms with Gasteiger partial charge in [0, 0.05) is 48.7 Å². The number of nitrogens with zero attached hydrogens (tertiary/aromatic N) is 1. The quantitative estimate of drug-likeness (QED) is 0.0957. The van der Waals surface area contributed by atoms with Crippen LogP contribution in [0.5, 0.6) is 11.6 Å². The molecule has 2 aliphatic rings. The Morgan fingerprint density at radius 3 is 2.39 bits per heavy atom. The molecule has 0 saturated carbocycles. The lowest BCUT2D eigenvalue weighted by molar-refractivity contribution is -0.141. The molecular weight excluding hydrogens is 669 g/mol. The lowest BCUT2D eigenvalue weighted by Crippen LogP contribution is -2.36. The third-order valence-corrected chi connectivity index (χ3v) is 9.14. The van der Waals surface area contributed by atoms with Gasteiger partial charge in [-0.05, 0) is 42.7 Å². The zero-order valence-electron chi connectivity index (χ0n) is 27.0. The molecule has 6 N–H and O–H groups in total. The summed E-state index contributed by atoms with van der Waals surface area (Å²) in [6.45, 7) is 2.55. The van der Waals surface area contributed by atoms with Crippen LogP contribution >= 0.6 is 11.8 Å². The lowest BCUT2D eigenvalue weighted by Gasteiger charge is -2.16. The number of alkyl halides is 3. The topological polar surface area (TPSA) is 175 Å². The Hall–Kier alpha value is -3.64. The van der Waals surface area contributed by atoms with Gasteiger partial charge in [0.1, 0.15) is 11.4 Å². The van der Waals surface area contributed by atoms with Crippen LogP contribution in [0.3, 0.4) is 0 Å². The van der Waals surface area contributed by atoms with Crippen molar-refractivity contribution in [2.75, 3.05) is 58.5 Å². The number of unbranched alkanes of at least 4 members (excludes halogenated alkanes) is 1. The van der Waals surface area contributed by atoms with Crippen LogP contribution in [0.15, 0.2) is 36.4 Å². The lowest BCUT2D eigenvalue weighted by atomic mass is 10.0. The van der Waals surface area contributed by atoms with Crippen LogP contribution in [0.2, 0.25) is 0 Å². The SMILES string of the molecule is NCc1cc(Oc2cccc(C(=O)NCCOCCOCCOCCNC(=O)CCCC[C@@H]3SC[C@@H]4NC(=O)N[C@@H]43)c2)nc(C(F)(F)F)c1. The van der Waals surface area contributed by atoms with Crippen LogP contribution in [0.4, 0.5) is 18.0 Å². The predicted molar refractivity (Wildman–Crippen MR) is 175 cm³/mol. The molecule has 1 aromatic carbocycles. The normalized spacial score (nSPS) is 18.4. The highest BCUT2D eigenvalue weighted by Crippen LogP contribution is 2.33. The average Bonchev–Trinajstić information content (AvgIpc) is 3.63. The van der Waals surface area contributed by atoms with Crippen LogP contribution in [0.1, 0.15) is 47.3 Å². The molecule has 270 valence electrons. The fourth-order valence-electron chi connectivity index (χ4n) is 5.20. The third-order valence-electron chi connectivity index (χ3n) is 7.63. The number of nitrogens with two attached hydrogens (primary N) is 1. The number of fused-ring (bicyclic) bond motifs is 1. The van der Waals surface area contributed by atoms with Gasteiger partial charge in [-0.3, -0.25) is 9.59 Å². The molecule has 4 amide bonds. The third kappa shape index (κ3) is 13.0. The molecule has 0 aliphatic carbocycles. The van der Waals surface area contributed by atoms with Crippen LogP contribution in [-0.2, 0) is 31.7 Å². The summed E-state index contributed by atoms with van der Waals surface area (Å²) < 4.78 is 61.4. The Labute approximate surface area is 286 Å². The molecule has 2 fully saturated rings. The van der Waals surface area contributed by atoms with E-state index in [4.69, 9.17) is 24.7 Å². The van der Waals surface area contributed by atoms with Crippen LogP contribution < -0.4 is 31.7 Å². The number of rotatable bonds is 21. The minimum absolute atomic E-state index is 0.00296. The molecule has 13 nitrogen and oxygen atoms in total. The number of aromatic nitrogens is 1. The zero-order valence-corrected chi connectivity index (χ0v) is 27.8. The van der Waals surface area contributed by atoms with Gasteiger partial charge in [-0.1, -0.05) is 12.5 Å². The Kier molecular flexibility index (Phi) is 15.2. The molecule has 3 atom stereocenters. The van der Waals surface area contributed by atoms with E-state index in [1.165, 1.54) is 18.2 Å². The standard InChI is InChI=1S/C32H43F3N6O7S/c33-32(34,35)26-16-21(19-36)17-28(40-26)48-23-5-3-4-22(18-23)30(43)38-9-11-46-13-15-47-14-12-45-10-8-37-27(42)7-2-1-6-25-29-24(20-49-25)39-31(44)41-29/h3-5,16-18,24-25,29H,1-2,6-15,19-20,36H2,(H,37,42)(H,38,43)(H2,39,41,44)/t24-,25-,29-/m0/s1. The maximum absolute atomic E-state index is 13.2. The Morgan fingerprint density at radius 2 is 1.67 bits per heavy atom. The van der Waals surface area contributed by atoms with Crippen molar-refractivity contribution in [3.63, 3.8) is 0 Å². The van der Waals surface area contributed by atoms with E-state index < -0.39 is 17.8 Å². The second kappa shape index (κ2) is 19.5. The summed E-state index contributed by atoms with van der Waals surface area (Å²) in [6, 6.07) is 8.48. The number of hydrogen-bond donors (Lipinski definition) is 5. The molecular formula is C32H43F3N6O7S. The Bertz CT molecular complexity index is 1390. The van der Waals surface area contributed by atoms with Gasteiger partial charge in [0.15, 0.2) is 0 Å². The van der Waals surface area contributed by atoms with Crippen molar-refractivity contribution in [2.24, 2.45) is 5.73 Å². The summed E-state index contributed by atoms with van der Waals surface area (Å²) in [6.07, 6.45) is -1.48. The van der Waals surface area contributed by atoms with Crippen molar-refractivity contribution in [1.29, 1.82) is 0 Å². The summed E-state index contributed by atoms with van der Waals surface area (Å²) in [4.78, 5) is 39.5. The molecule has 2 saturated heterocycles. The minimum atomic E-state index is -4.66. The summed E-state index contributed by atoms with van der Waals surface area (Å²) in [5.74, 6) is 0.382. The van der Waals surface area contributed by atoms with Gasteiger partial charge in [-0.25, -0.2) is 9.78 Å². The van der Waals surface area contributed by atoms with Gasteiger partial charge < -0.3 is 45.9 Å². The number of halogens is 3. The molecule has 49 heavy (non-hydrogen) atoms. The largest absolute Gasteiger partial charge is 0.439 e. The first-order valence-electron chi connectivity index (χ1n) is 16.2. The number of urea groups is 1. The van der Waals surface area contributed by atoms with Crippen molar-refractivity contribution >= 4 is 29.6 Å². The number of nitrogens with one attached hydrogen (secondary N) is 4. The number of hydrogen-bond acceptors (Lipinski definition) is 10. The molecule has 0 unspecified atom stereocenters. The van der Waals surface area contributed by atoms with E-state index in [0.717, 1.165) is 31.1 Å². The van der Waals surface area contributed by atoms with E-state index in [1.807, 2.05) is 11.8 Å². The van der Waals surface area contributed by atoms with E-state index >= 15 is 0 Å². The van der Waals surface area contributed by atoms with Gasteiger partial charge in [-0.2, -0.15) is 24.9 Å². The number of pyridine rings is 1. The van der Waals surface area contributed by atoms with Crippen LogP contribution in [0, 0.1) is 0 Å². The Morgan fingerprint density at radius 1 is 0.959 bits per heavy atom. The second-order valence-electron chi connectivity index (χ2n) is 11.3. The molecule has 0 bridgehead atoms. The summed E-state index contributed by atoms with van der Waals surface area (Å²) >= 11 is 1.88. The summed E-state index contributed by atoms with van der Waals surface area (Å²) in [7, 11) is 0. The van der Waals surface area contributed by atoms with Crippen molar-refractivity contribution in [2.45, 2.75) is 55.7 Å². The van der Waals surface area contributed by atoms with Gasteiger partial charge in [0.05, 0.1) is 51.7 Å². The first-order valence-corrected chi connectivity index (χ1v) is 17.2. The molecule has 4 rings (SSSR count). The van der Waals surface area contributed by atoms with Crippen molar-refractivity contribution in [3.05, 3.63) is 53.2 Å². The van der Waals surface area contributed by atoms with Gasteiger partial charge >= 0.3 is 12.2 Å². The van der Waals surface area contributed by atoms with E-state index in [1.54, 1.807) is 12.1 Å². The smallest absolute Gasteiger partial charge is 0.433 e. The number of thioether (sulfide) groups is 1. The van der Waals surface area contributed by atoms with E-state index in [0.29, 0.717) is 51.2 Å². The fraction of sp³-hybridized carbons (Fsp3) is 0.562. The highest BCUT2D eigenvalue weighted by Gasteiger charge is 2.42. The molecule has 0 radical (unpaired) electrons. The van der Waals surface area contributed by atoms with Crippen molar-refractivity contribution in [1.82, 2.24) is 26.3 Å². The highest BCUT2D eigenvalue weighted by molar-refractivity contribution is 8.00. The number of carbonyl (C=O) groups excluding carboxylic acids is 3. The average molecular weight is 713 g/mol. The monoisotopic (exact) mass is 712 g/mol. The number of ether oxygens (including phenoxy) is 4. The second-order valence-corrected chi connectivity index (χ2v) is 12.6. The first-order chi connectivity index (χ1) is 23.6. The Balaban J connectivity index is 0.961. The van der Waals surface area contributed by atoms with E-state index in [9.17, 15) is 27.6 Å². The highest BCUT2D eigenvalue weighted by atomic mass is 32.2. The molecule has 1 aromatic heterocycles. The van der Waals surface area contributed by atoms with Crippen molar-refractivity contribution in [3.8, 4) is 11.6 Å². The molecule has 0 spiro atoms. The van der Waals surface area contributed by atoms with Crippen LogP contribution in [-0.4, -0.2) is 98.6 Å². The molecule has 3 heterocycles. The van der Waals surface area contributed by atoms with E-state index in [2.05, 4.69) is 26.3 Å². The zero-order chi connectivity index (χ0) is 35.1. The minimum Gasteiger partial charge on any atom is -0.439 e. The maximum atomic E-state index is 13.2. The number of carbonyl (C=O) groups is 3. The fourth-order valence-corrected chi connectivity index (χ4v) is 6.75. The van der Waals surface area contributed by atoms with Gasteiger partial charge in [0.2, 0.25) is 11.8 Å². The molecule has 2 aromatic rings. The van der Waals surface area contributed by atoms with Crippen molar-refractivity contribution < 1.29 is 46.5 Å². The van der Waals surface area contributed by atoms with Gasteiger partial charge in [0.25, 0.3) is 5.91 Å². The molecule has 2 aliphatic heterocycles. The predicted octanol–water partition coefficient (Wildman–Crippen LogP) is 2.97. The van der Waals surface area contributed by atoms with Gasteiger partial charge in [-0.15, -0.1) is 0 Å². The number of amides is 4. The summed E-state index contributed by atoms with van der Waals surface area (Å²) in [5, 5.41) is 11.9. The van der Waals surface area contributed by atoms with E-state index in [-0.39, 0.29) is 66.5 Å². The summed E-state index contributed by atoms with van der Waals surface area (Å²) in [5.41, 5.74) is 4.84. The number of benzene rings is 1. The maximum Gasteiger partial charge on any atom is 0.433 e. The first kappa shape index (κ1) is 38.2. The molecule has 17 heteroatoms. The van der Waals surface area contributed by atoms with Crippen LogP contribution in [0.25, 0.3) is 0 Å².